The number of carbonyl (C=O) groups is 2. The van der Waals surface area contributed by atoms with E-state index < -0.39 is 28.8 Å². The van der Waals surface area contributed by atoms with Crippen LogP contribution in [0.4, 0.5) is 24.5 Å². The summed E-state index contributed by atoms with van der Waals surface area (Å²) in [6.07, 6.45) is -1.41. The molecule has 0 saturated carbocycles. The Morgan fingerprint density at radius 3 is 2.66 bits per heavy atom. The van der Waals surface area contributed by atoms with Crippen molar-refractivity contribution in [2.75, 3.05) is 10.6 Å². The Morgan fingerprint density at radius 2 is 1.91 bits per heavy atom. The molecule has 1 aliphatic heterocycles. The largest absolute Gasteiger partial charge is 0.416 e. The van der Waals surface area contributed by atoms with Crippen LogP contribution in [-0.2, 0) is 15.8 Å². The SMILES string of the molecule is O=C(C[C@H]1Sc2ccc(C(F)(F)F)cc2NC1=O)Nc1ccnc(Sc2ccccn2)c1. The molecule has 2 N–H and O–H groups in total. The molecule has 1 aliphatic rings. The van der Waals surface area contributed by atoms with Crippen LogP contribution in [0.2, 0.25) is 0 Å². The molecular formula is C21H15F3N4O2S2. The number of hydrogen-bond donors (Lipinski definition) is 2. The maximum atomic E-state index is 12.9. The van der Waals surface area contributed by atoms with Crippen LogP contribution in [-0.4, -0.2) is 27.0 Å². The van der Waals surface area contributed by atoms with E-state index >= 15 is 0 Å². The fourth-order valence-electron chi connectivity index (χ4n) is 2.90. The number of hydrogen-bond acceptors (Lipinski definition) is 6. The van der Waals surface area contributed by atoms with Crippen molar-refractivity contribution in [2.45, 2.75) is 32.8 Å². The second kappa shape index (κ2) is 9.21. The molecule has 6 nitrogen and oxygen atoms in total. The third-order valence-corrected chi connectivity index (χ3v) is 6.52. The van der Waals surface area contributed by atoms with Crippen LogP contribution < -0.4 is 10.6 Å². The van der Waals surface area contributed by atoms with E-state index in [1.54, 1.807) is 30.6 Å². The van der Waals surface area contributed by atoms with Gasteiger partial charge in [0, 0.05) is 29.4 Å². The van der Waals surface area contributed by atoms with Gasteiger partial charge in [0.15, 0.2) is 0 Å². The monoisotopic (exact) mass is 476 g/mol. The van der Waals surface area contributed by atoms with Gasteiger partial charge in [0.2, 0.25) is 11.8 Å². The number of halogens is 3. The Bertz CT molecular complexity index is 1160. The van der Waals surface area contributed by atoms with Crippen LogP contribution in [0.25, 0.3) is 0 Å². The van der Waals surface area contributed by atoms with Crippen LogP contribution in [0.3, 0.4) is 0 Å². The van der Waals surface area contributed by atoms with Gasteiger partial charge in [-0.05, 0) is 42.5 Å². The average Bonchev–Trinajstić information content (AvgIpc) is 2.74. The third kappa shape index (κ3) is 5.40. The zero-order valence-corrected chi connectivity index (χ0v) is 17.9. The van der Waals surface area contributed by atoms with Crippen molar-refractivity contribution in [3.63, 3.8) is 0 Å². The van der Waals surface area contributed by atoms with E-state index in [0.717, 1.165) is 28.9 Å². The highest BCUT2D eigenvalue weighted by molar-refractivity contribution is 8.01. The van der Waals surface area contributed by atoms with Crippen LogP contribution in [0, 0.1) is 0 Å². The number of benzene rings is 1. The summed E-state index contributed by atoms with van der Waals surface area (Å²) in [5.41, 5.74) is -0.234. The van der Waals surface area contributed by atoms with E-state index in [4.69, 9.17) is 0 Å². The van der Waals surface area contributed by atoms with Crippen molar-refractivity contribution >= 4 is 46.7 Å². The first-order valence-corrected chi connectivity index (χ1v) is 11.0. The maximum absolute atomic E-state index is 12.9. The highest BCUT2D eigenvalue weighted by Gasteiger charge is 2.34. The fraction of sp³-hybridized carbons (Fsp3) is 0.143. The van der Waals surface area contributed by atoms with E-state index in [1.807, 2.05) is 12.1 Å². The van der Waals surface area contributed by atoms with E-state index in [2.05, 4.69) is 20.6 Å². The molecule has 0 fully saturated rings. The molecule has 0 unspecified atom stereocenters. The van der Waals surface area contributed by atoms with Crippen LogP contribution in [0.15, 0.2) is 75.9 Å². The summed E-state index contributed by atoms with van der Waals surface area (Å²) in [5.74, 6) is -0.911. The lowest BCUT2D eigenvalue weighted by Crippen LogP contribution is -2.32. The molecule has 2 aromatic heterocycles. The molecule has 0 spiro atoms. The number of anilines is 2. The van der Waals surface area contributed by atoms with Gasteiger partial charge in [0.25, 0.3) is 0 Å². The van der Waals surface area contributed by atoms with Crippen molar-refractivity contribution in [3.8, 4) is 0 Å². The van der Waals surface area contributed by atoms with E-state index in [9.17, 15) is 22.8 Å². The molecule has 32 heavy (non-hydrogen) atoms. The fourth-order valence-corrected chi connectivity index (χ4v) is 4.76. The molecule has 3 heterocycles. The van der Waals surface area contributed by atoms with E-state index in [0.29, 0.717) is 15.6 Å². The number of amides is 2. The minimum Gasteiger partial charge on any atom is -0.326 e. The number of alkyl halides is 3. The second-order valence-electron chi connectivity index (χ2n) is 6.71. The Kier molecular flexibility index (Phi) is 6.38. The Hall–Kier alpha value is -3.05. The molecule has 1 atom stereocenters. The van der Waals surface area contributed by atoms with Gasteiger partial charge >= 0.3 is 6.18 Å². The highest BCUT2D eigenvalue weighted by atomic mass is 32.2. The summed E-state index contributed by atoms with van der Waals surface area (Å²) < 4.78 is 38.6. The smallest absolute Gasteiger partial charge is 0.326 e. The number of carbonyl (C=O) groups excluding carboxylic acids is 2. The number of nitrogens with one attached hydrogen (secondary N) is 2. The van der Waals surface area contributed by atoms with Crippen molar-refractivity contribution in [1.82, 2.24) is 9.97 Å². The first-order valence-electron chi connectivity index (χ1n) is 9.31. The summed E-state index contributed by atoms with van der Waals surface area (Å²) >= 11 is 2.40. The molecule has 0 aliphatic carbocycles. The molecular weight excluding hydrogens is 461 g/mol. The van der Waals surface area contributed by atoms with Gasteiger partial charge in [-0.1, -0.05) is 17.8 Å². The number of fused-ring (bicyclic) bond motifs is 1. The quantitative estimate of drug-likeness (QED) is 0.534. The molecule has 0 radical (unpaired) electrons. The lowest BCUT2D eigenvalue weighted by atomic mass is 10.1. The molecule has 3 aromatic rings. The topological polar surface area (TPSA) is 84.0 Å². The average molecular weight is 477 g/mol. The normalized spacial score (nSPS) is 15.6. The highest BCUT2D eigenvalue weighted by Crippen LogP contribution is 2.40. The van der Waals surface area contributed by atoms with Crippen molar-refractivity contribution in [2.24, 2.45) is 0 Å². The van der Waals surface area contributed by atoms with Gasteiger partial charge < -0.3 is 10.6 Å². The molecule has 164 valence electrons. The number of pyridine rings is 2. The van der Waals surface area contributed by atoms with Crippen LogP contribution >= 0.6 is 23.5 Å². The summed E-state index contributed by atoms with van der Waals surface area (Å²) in [7, 11) is 0. The second-order valence-corrected chi connectivity index (χ2v) is 8.99. The van der Waals surface area contributed by atoms with Gasteiger partial charge in [-0.25, -0.2) is 9.97 Å². The minimum atomic E-state index is -4.50. The third-order valence-electron chi connectivity index (χ3n) is 4.36. The predicted octanol–water partition coefficient (Wildman–Crippen LogP) is 5.09. The van der Waals surface area contributed by atoms with Gasteiger partial charge in [-0.3, -0.25) is 9.59 Å². The summed E-state index contributed by atoms with van der Waals surface area (Å²) in [5, 5.41) is 5.84. The molecule has 0 saturated heterocycles. The first-order chi connectivity index (χ1) is 15.3. The first kappa shape index (κ1) is 22.2. The summed E-state index contributed by atoms with van der Waals surface area (Å²) in [6.45, 7) is 0. The van der Waals surface area contributed by atoms with Crippen molar-refractivity contribution < 1.29 is 22.8 Å². The van der Waals surface area contributed by atoms with Crippen LogP contribution in [0.1, 0.15) is 12.0 Å². The summed E-state index contributed by atoms with van der Waals surface area (Å²) in [6, 6.07) is 12.0. The van der Waals surface area contributed by atoms with Gasteiger partial charge in [-0.2, -0.15) is 13.2 Å². The molecule has 0 bridgehead atoms. The van der Waals surface area contributed by atoms with Gasteiger partial charge in [0.1, 0.15) is 10.1 Å². The van der Waals surface area contributed by atoms with E-state index in [-0.39, 0.29) is 12.1 Å². The van der Waals surface area contributed by atoms with Crippen LogP contribution in [0.5, 0.6) is 0 Å². The Balaban J connectivity index is 1.39. The van der Waals surface area contributed by atoms with Gasteiger partial charge in [0.05, 0.1) is 16.5 Å². The van der Waals surface area contributed by atoms with Gasteiger partial charge in [-0.15, -0.1) is 11.8 Å². The zero-order chi connectivity index (χ0) is 22.7. The number of thioether (sulfide) groups is 1. The van der Waals surface area contributed by atoms with E-state index in [1.165, 1.54) is 17.8 Å². The predicted molar refractivity (Wildman–Crippen MR) is 116 cm³/mol. The number of aromatic nitrogens is 2. The molecule has 4 rings (SSSR count). The zero-order valence-electron chi connectivity index (χ0n) is 16.2. The van der Waals surface area contributed by atoms with Crippen molar-refractivity contribution in [3.05, 3.63) is 66.5 Å². The lowest BCUT2D eigenvalue weighted by molar-refractivity contribution is -0.137. The number of nitrogens with zero attached hydrogens (tertiary/aromatic N) is 2. The Labute approximate surface area is 189 Å². The molecule has 1 aromatic carbocycles. The standard InChI is InChI=1S/C21H15F3N4O2S2/c22-21(23,24)12-4-5-15-14(9-12)28-20(30)16(31-15)11-17(29)27-13-6-8-26-19(10-13)32-18-3-1-2-7-25-18/h1-10,16H,11H2,(H,28,30)(H,26,27,29)/t16-/m1/s1. The summed E-state index contributed by atoms with van der Waals surface area (Å²) in [4.78, 5) is 33.8. The maximum Gasteiger partial charge on any atom is 0.416 e. The molecule has 11 heteroatoms. The Morgan fingerprint density at radius 1 is 1.09 bits per heavy atom. The van der Waals surface area contributed by atoms with Crippen molar-refractivity contribution in [1.29, 1.82) is 0 Å². The minimum absolute atomic E-state index is 0.0943. The lowest BCUT2D eigenvalue weighted by Gasteiger charge is -2.24. The molecule has 2 amide bonds. The number of rotatable bonds is 5.